The Bertz CT molecular complexity index is 520. The summed E-state index contributed by atoms with van der Waals surface area (Å²) in [4.78, 5) is 14.2. The molecule has 2 fully saturated rings. The first kappa shape index (κ1) is 14.7. The van der Waals surface area contributed by atoms with Gasteiger partial charge in [-0.3, -0.25) is 0 Å². The van der Waals surface area contributed by atoms with Gasteiger partial charge in [-0.25, -0.2) is 4.79 Å². The third kappa shape index (κ3) is 3.01. The van der Waals surface area contributed by atoms with Gasteiger partial charge >= 0.3 is 6.03 Å². The van der Waals surface area contributed by atoms with Gasteiger partial charge in [-0.2, -0.15) is 0 Å². The third-order valence-electron chi connectivity index (χ3n) is 4.85. The van der Waals surface area contributed by atoms with Crippen molar-refractivity contribution in [3.63, 3.8) is 0 Å². The van der Waals surface area contributed by atoms with Crippen LogP contribution < -0.4 is 5.32 Å². The van der Waals surface area contributed by atoms with Gasteiger partial charge in [0, 0.05) is 29.2 Å². The van der Waals surface area contributed by atoms with Gasteiger partial charge < -0.3 is 15.3 Å². The summed E-state index contributed by atoms with van der Waals surface area (Å²) in [6, 6.07) is 7.02. The topological polar surface area (TPSA) is 52.6 Å². The van der Waals surface area contributed by atoms with Crippen LogP contribution in [0.2, 0.25) is 5.02 Å². The molecule has 2 N–H and O–H groups in total. The molecule has 2 aliphatic rings. The first-order valence-corrected chi connectivity index (χ1v) is 7.96. The van der Waals surface area contributed by atoms with Crippen molar-refractivity contribution in [2.45, 2.75) is 38.2 Å². The Balaban J connectivity index is 1.66. The summed E-state index contributed by atoms with van der Waals surface area (Å²) in [5, 5.41) is 13.8. The number of aliphatic hydroxyl groups is 1. The maximum Gasteiger partial charge on any atom is 0.321 e. The standard InChI is InChI=1S/C16H21ClN2O2/c17-12-4-6-13(7-5-12)18-15(21)19-10-2-9-16(11-19)8-1-3-14(16)20/h4-7,14,20H,1-3,8-11H2,(H,18,21)/t14-,16+/m1/s1. The highest BCUT2D eigenvalue weighted by atomic mass is 35.5. The van der Waals surface area contributed by atoms with Gasteiger partial charge in [0.15, 0.2) is 0 Å². The minimum atomic E-state index is -0.261. The number of benzene rings is 1. The van der Waals surface area contributed by atoms with Gasteiger partial charge in [-0.05, 0) is 49.9 Å². The number of hydrogen-bond acceptors (Lipinski definition) is 2. The number of aliphatic hydroxyl groups excluding tert-OH is 1. The normalized spacial score (nSPS) is 28.9. The molecule has 114 valence electrons. The van der Waals surface area contributed by atoms with E-state index in [2.05, 4.69) is 5.32 Å². The number of piperidine rings is 1. The minimum Gasteiger partial charge on any atom is -0.392 e. The van der Waals surface area contributed by atoms with Gasteiger partial charge in [0.05, 0.1) is 6.10 Å². The molecule has 0 aromatic heterocycles. The van der Waals surface area contributed by atoms with E-state index in [9.17, 15) is 9.90 Å². The fourth-order valence-electron chi connectivity index (χ4n) is 3.67. The van der Waals surface area contributed by atoms with Crippen LogP contribution >= 0.6 is 11.6 Å². The summed E-state index contributed by atoms with van der Waals surface area (Å²) in [7, 11) is 0. The zero-order valence-electron chi connectivity index (χ0n) is 12.0. The molecule has 1 aromatic carbocycles. The van der Waals surface area contributed by atoms with Crippen LogP contribution in [0, 0.1) is 5.41 Å². The molecule has 1 heterocycles. The monoisotopic (exact) mass is 308 g/mol. The molecule has 1 spiro atoms. The Hall–Kier alpha value is -1.26. The molecule has 21 heavy (non-hydrogen) atoms. The van der Waals surface area contributed by atoms with Crippen molar-refractivity contribution in [2.75, 3.05) is 18.4 Å². The number of urea groups is 1. The smallest absolute Gasteiger partial charge is 0.321 e. The Morgan fingerprint density at radius 2 is 2.00 bits per heavy atom. The van der Waals surface area contributed by atoms with Crippen LogP contribution in [0.3, 0.4) is 0 Å². The van der Waals surface area contributed by atoms with Gasteiger partial charge in [0.2, 0.25) is 0 Å². The molecule has 4 nitrogen and oxygen atoms in total. The zero-order valence-corrected chi connectivity index (χ0v) is 12.8. The van der Waals surface area contributed by atoms with Gasteiger partial charge in [0.25, 0.3) is 0 Å². The van der Waals surface area contributed by atoms with E-state index in [0.717, 1.165) is 44.3 Å². The molecule has 0 bridgehead atoms. The number of likely N-dealkylation sites (tertiary alicyclic amines) is 1. The fraction of sp³-hybridized carbons (Fsp3) is 0.562. The van der Waals surface area contributed by atoms with Crippen molar-refractivity contribution in [3.05, 3.63) is 29.3 Å². The molecule has 1 saturated heterocycles. The van der Waals surface area contributed by atoms with Crippen LogP contribution in [0.5, 0.6) is 0 Å². The molecule has 0 unspecified atom stereocenters. The van der Waals surface area contributed by atoms with Crippen molar-refractivity contribution in [1.29, 1.82) is 0 Å². The van der Waals surface area contributed by atoms with E-state index in [1.54, 1.807) is 24.3 Å². The molecule has 3 rings (SSSR count). The number of hydrogen-bond donors (Lipinski definition) is 2. The fourth-order valence-corrected chi connectivity index (χ4v) is 3.79. The average Bonchev–Trinajstić information content (AvgIpc) is 2.82. The summed E-state index contributed by atoms with van der Waals surface area (Å²) in [6.07, 6.45) is 4.69. The van der Waals surface area contributed by atoms with Crippen molar-refractivity contribution in [3.8, 4) is 0 Å². The summed E-state index contributed by atoms with van der Waals surface area (Å²) in [6.45, 7) is 1.42. The number of anilines is 1. The highest BCUT2D eigenvalue weighted by molar-refractivity contribution is 6.30. The molecular formula is C16H21ClN2O2. The number of rotatable bonds is 1. The maximum absolute atomic E-state index is 12.4. The van der Waals surface area contributed by atoms with E-state index < -0.39 is 0 Å². The van der Waals surface area contributed by atoms with Crippen LogP contribution in [0.1, 0.15) is 32.1 Å². The van der Waals surface area contributed by atoms with Crippen molar-refractivity contribution in [2.24, 2.45) is 5.41 Å². The first-order valence-electron chi connectivity index (χ1n) is 7.59. The van der Waals surface area contributed by atoms with E-state index in [1.165, 1.54) is 0 Å². The molecule has 1 aliphatic heterocycles. The lowest BCUT2D eigenvalue weighted by Gasteiger charge is -2.42. The SMILES string of the molecule is O=C(Nc1ccc(Cl)cc1)N1CCC[C@@]2(CCC[C@H]2O)C1. The molecular weight excluding hydrogens is 288 g/mol. The number of halogens is 1. The van der Waals surface area contributed by atoms with Crippen LogP contribution in [0.25, 0.3) is 0 Å². The summed E-state index contributed by atoms with van der Waals surface area (Å²) in [5.74, 6) is 0. The predicted octanol–water partition coefficient (Wildman–Crippen LogP) is 3.50. The molecule has 1 saturated carbocycles. The second kappa shape index (κ2) is 5.85. The van der Waals surface area contributed by atoms with Crippen molar-refractivity contribution >= 4 is 23.3 Å². The van der Waals surface area contributed by atoms with Crippen LogP contribution in [-0.2, 0) is 0 Å². The minimum absolute atomic E-state index is 0.0738. The Morgan fingerprint density at radius 3 is 2.67 bits per heavy atom. The van der Waals surface area contributed by atoms with E-state index >= 15 is 0 Å². The van der Waals surface area contributed by atoms with Gasteiger partial charge in [-0.15, -0.1) is 0 Å². The molecule has 0 radical (unpaired) electrons. The quantitative estimate of drug-likeness (QED) is 0.834. The second-order valence-electron chi connectivity index (χ2n) is 6.23. The number of nitrogens with zero attached hydrogens (tertiary/aromatic N) is 1. The van der Waals surface area contributed by atoms with E-state index in [-0.39, 0.29) is 17.6 Å². The highest BCUT2D eigenvalue weighted by Gasteiger charge is 2.45. The summed E-state index contributed by atoms with van der Waals surface area (Å²) in [5.41, 5.74) is 0.672. The molecule has 2 atom stereocenters. The second-order valence-corrected chi connectivity index (χ2v) is 6.67. The molecule has 2 amide bonds. The predicted molar refractivity (Wildman–Crippen MR) is 83.6 cm³/mol. The maximum atomic E-state index is 12.4. The molecule has 1 aliphatic carbocycles. The number of nitrogens with one attached hydrogen (secondary N) is 1. The van der Waals surface area contributed by atoms with E-state index in [0.29, 0.717) is 11.6 Å². The van der Waals surface area contributed by atoms with Crippen molar-refractivity contribution < 1.29 is 9.90 Å². The Morgan fingerprint density at radius 1 is 1.29 bits per heavy atom. The number of amides is 2. The lowest BCUT2D eigenvalue weighted by molar-refractivity contribution is 0.00400. The van der Waals surface area contributed by atoms with Gasteiger partial charge in [-0.1, -0.05) is 18.0 Å². The van der Waals surface area contributed by atoms with Crippen LogP contribution in [0.15, 0.2) is 24.3 Å². The summed E-state index contributed by atoms with van der Waals surface area (Å²) >= 11 is 5.84. The van der Waals surface area contributed by atoms with Crippen LogP contribution in [-0.4, -0.2) is 35.2 Å². The largest absolute Gasteiger partial charge is 0.392 e. The number of carbonyl (C=O) groups is 1. The lowest BCUT2D eigenvalue weighted by Crippen LogP contribution is -2.50. The number of carbonyl (C=O) groups excluding carboxylic acids is 1. The van der Waals surface area contributed by atoms with Crippen LogP contribution in [0.4, 0.5) is 10.5 Å². The zero-order chi connectivity index (χ0) is 14.9. The highest BCUT2D eigenvalue weighted by Crippen LogP contribution is 2.45. The summed E-state index contributed by atoms with van der Waals surface area (Å²) < 4.78 is 0. The lowest BCUT2D eigenvalue weighted by atomic mass is 9.77. The first-order chi connectivity index (χ1) is 10.1. The molecule has 5 heteroatoms. The molecule has 1 aromatic rings. The van der Waals surface area contributed by atoms with Crippen molar-refractivity contribution in [1.82, 2.24) is 4.90 Å². The van der Waals surface area contributed by atoms with E-state index in [1.807, 2.05) is 4.90 Å². The van der Waals surface area contributed by atoms with Gasteiger partial charge in [0.1, 0.15) is 0 Å². The third-order valence-corrected chi connectivity index (χ3v) is 5.10. The Kier molecular flexibility index (Phi) is 4.09. The van der Waals surface area contributed by atoms with E-state index in [4.69, 9.17) is 11.6 Å². The average molecular weight is 309 g/mol. The Labute approximate surface area is 130 Å².